The number of rotatable bonds is 6. The van der Waals surface area contributed by atoms with Gasteiger partial charge in [-0.25, -0.2) is 4.98 Å². The van der Waals surface area contributed by atoms with Gasteiger partial charge in [-0.1, -0.05) is 38.4 Å². The molecule has 4 nitrogen and oxygen atoms in total. The van der Waals surface area contributed by atoms with E-state index in [1.807, 2.05) is 20.8 Å². The number of hydrogen-bond donors (Lipinski definition) is 0. The van der Waals surface area contributed by atoms with E-state index < -0.39 is 0 Å². The van der Waals surface area contributed by atoms with E-state index in [1.54, 1.807) is 30.2 Å². The summed E-state index contributed by atoms with van der Waals surface area (Å²) < 4.78 is 5.04. The second-order valence-corrected chi connectivity index (χ2v) is 6.23. The number of amides is 1. The van der Waals surface area contributed by atoms with Crippen molar-refractivity contribution >= 4 is 17.5 Å². The van der Waals surface area contributed by atoms with Crippen molar-refractivity contribution in [3.05, 3.63) is 41.2 Å². The molecule has 1 aromatic heterocycles. The van der Waals surface area contributed by atoms with E-state index >= 15 is 0 Å². The summed E-state index contributed by atoms with van der Waals surface area (Å²) in [6.45, 7) is 11.2. The Balaban J connectivity index is 3.09. The number of carbonyl (C=O) groups is 1. The minimum atomic E-state index is -0.171. The summed E-state index contributed by atoms with van der Waals surface area (Å²) in [6, 6.07) is 3.40. The second kappa shape index (κ2) is 7.57. The molecule has 1 rings (SSSR count). The summed E-state index contributed by atoms with van der Waals surface area (Å²) in [7, 11) is 1.61. The predicted octanol–water partition coefficient (Wildman–Crippen LogP) is 3.31. The first-order valence-corrected chi connectivity index (χ1v) is 7.24. The Bertz CT molecular complexity index is 509. The lowest BCUT2D eigenvalue weighted by molar-refractivity contribution is 0.0718. The van der Waals surface area contributed by atoms with E-state index in [0.717, 1.165) is 5.69 Å². The van der Waals surface area contributed by atoms with Crippen LogP contribution in [-0.4, -0.2) is 42.6 Å². The molecule has 0 aliphatic rings. The average molecular weight is 311 g/mol. The molecular weight excluding hydrogens is 288 g/mol. The molecule has 5 heteroatoms. The average Bonchev–Trinajstić information content (AvgIpc) is 2.41. The molecule has 0 spiro atoms. The minimum absolute atomic E-state index is 0.0956. The van der Waals surface area contributed by atoms with Crippen LogP contribution >= 0.6 is 11.6 Å². The fourth-order valence-electron chi connectivity index (χ4n) is 1.82. The van der Waals surface area contributed by atoms with Crippen molar-refractivity contribution in [3.63, 3.8) is 0 Å². The zero-order chi connectivity index (χ0) is 16.0. The van der Waals surface area contributed by atoms with Gasteiger partial charge >= 0.3 is 0 Å². The first kappa shape index (κ1) is 17.7. The zero-order valence-electron chi connectivity index (χ0n) is 13.1. The molecule has 0 unspecified atom stereocenters. The van der Waals surface area contributed by atoms with Crippen LogP contribution in [-0.2, 0) is 10.2 Å². The minimum Gasteiger partial charge on any atom is -0.383 e. The number of hydrogen-bond acceptors (Lipinski definition) is 3. The van der Waals surface area contributed by atoms with Crippen LogP contribution in [0.25, 0.3) is 0 Å². The van der Waals surface area contributed by atoms with Crippen LogP contribution in [0.2, 0.25) is 5.15 Å². The summed E-state index contributed by atoms with van der Waals surface area (Å²) in [4.78, 5) is 18.6. The van der Waals surface area contributed by atoms with Crippen molar-refractivity contribution in [2.75, 3.05) is 26.8 Å². The van der Waals surface area contributed by atoms with E-state index in [4.69, 9.17) is 16.3 Å². The van der Waals surface area contributed by atoms with Crippen molar-refractivity contribution in [3.8, 4) is 0 Å². The summed E-state index contributed by atoms with van der Waals surface area (Å²) in [5.74, 6) is -0.0956. The molecule has 0 saturated heterocycles. The highest BCUT2D eigenvalue weighted by atomic mass is 35.5. The molecule has 1 aromatic rings. The van der Waals surface area contributed by atoms with E-state index in [1.165, 1.54) is 0 Å². The molecule has 116 valence electrons. The van der Waals surface area contributed by atoms with Crippen LogP contribution in [0.15, 0.2) is 24.8 Å². The number of ether oxygens (including phenoxy) is 1. The quantitative estimate of drug-likeness (QED) is 0.598. The monoisotopic (exact) mass is 310 g/mol. The third-order valence-corrected chi connectivity index (χ3v) is 3.21. The van der Waals surface area contributed by atoms with Crippen molar-refractivity contribution in [2.45, 2.75) is 26.2 Å². The first-order chi connectivity index (χ1) is 9.79. The molecule has 1 amide bonds. The van der Waals surface area contributed by atoms with Gasteiger partial charge in [0.15, 0.2) is 0 Å². The van der Waals surface area contributed by atoms with Gasteiger partial charge in [-0.3, -0.25) is 4.79 Å². The van der Waals surface area contributed by atoms with Gasteiger partial charge in [-0.15, -0.1) is 6.58 Å². The number of pyridine rings is 1. The highest BCUT2D eigenvalue weighted by molar-refractivity contribution is 6.29. The molecule has 0 aromatic carbocycles. The fraction of sp³-hybridized carbons (Fsp3) is 0.500. The van der Waals surface area contributed by atoms with Gasteiger partial charge in [0.05, 0.1) is 6.61 Å². The van der Waals surface area contributed by atoms with Crippen molar-refractivity contribution in [1.82, 2.24) is 9.88 Å². The predicted molar refractivity (Wildman–Crippen MR) is 85.9 cm³/mol. The summed E-state index contributed by atoms with van der Waals surface area (Å²) >= 11 is 6.06. The Morgan fingerprint density at radius 3 is 2.67 bits per heavy atom. The van der Waals surface area contributed by atoms with Crippen LogP contribution in [0.1, 0.15) is 36.8 Å². The van der Waals surface area contributed by atoms with Crippen LogP contribution in [0.5, 0.6) is 0 Å². The molecule has 0 bridgehead atoms. The standard InChI is InChI=1S/C16H23ClN2O2/c1-6-7-19(8-9-21-5)15(20)12-10-13(16(2,3)4)18-14(17)11-12/h6,10-11H,1,7-9H2,2-5H3. The van der Waals surface area contributed by atoms with E-state index in [0.29, 0.717) is 30.4 Å². The Hall–Kier alpha value is -1.39. The van der Waals surface area contributed by atoms with Gasteiger partial charge in [-0.2, -0.15) is 0 Å². The Morgan fingerprint density at radius 1 is 1.48 bits per heavy atom. The van der Waals surface area contributed by atoms with Gasteiger partial charge in [0, 0.05) is 36.9 Å². The fourth-order valence-corrected chi connectivity index (χ4v) is 2.03. The molecule has 21 heavy (non-hydrogen) atoms. The highest BCUT2D eigenvalue weighted by Crippen LogP contribution is 2.24. The summed E-state index contributed by atoms with van der Waals surface area (Å²) in [5, 5.41) is 0.330. The van der Waals surface area contributed by atoms with Gasteiger partial charge in [0.2, 0.25) is 0 Å². The van der Waals surface area contributed by atoms with Crippen molar-refractivity contribution < 1.29 is 9.53 Å². The smallest absolute Gasteiger partial charge is 0.254 e. The highest BCUT2D eigenvalue weighted by Gasteiger charge is 2.21. The van der Waals surface area contributed by atoms with Crippen molar-refractivity contribution in [2.24, 2.45) is 0 Å². The lowest BCUT2D eigenvalue weighted by atomic mass is 9.91. The SMILES string of the molecule is C=CCN(CCOC)C(=O)c1cc(Cl)nc(C(C)(C)C)c1. The zero-order valence-corrected chi connectivity index (χ0v) is 13.9. The van der Waals surface area contributed by atoms with E-state index in [2.05, 4.69) is 11.6 Å². The molecule has 0 radical (unpaired) electrons. The van der Waals surface area contributed by atoms with Gasteiger partial charge in [-0.05, 0) is 12.1 Å². The molecule has 0 aliphatic heterocycles. The van der Waals surface area contributed by atoms with Gasteiger partial charge in [0.25, 0.3) is 5.91 Å². The maximum Gasteiger partial charge on any atom is 0.254 e. The molecule has 0 aliphatic carbocycles. The largest absolute Gasteiger partial charge is 0.383 e. The lowest BCUT2D eigenvalue weighted by Gasteiger charge is -2.23. The lowest BCUT2D eigenvalue weighted by Crippen LogP contribution is -2.34. The first-order valence-electron chi connectivity index (χ1n) is 6.86. The molecule has 0 N–H and O–H groups in total. The molecule has 0 fully saturated rings. The van der Waals surface area contributed by atoms with Gasteiger partial charge < -0.3 is 9.64 Å². The van der Waals surface area contributed by atoms with Gasteiger partial charge in [0.1, 0.15) is 5.15 Å². The number of methoxy groups -OCH3 is 1. The topological polar surface area (TPSA) is 42.4 Å². The van der Waals surface area contributed by atoms with E-state index in [-0.39, 0.29) is 11.3 Å². The summed E-state index contributed by atoms with van der Waals surface area (Å²) in [5.41, 5.74) is 1.16. The number of halogens is 1. The molecule has 1 heterocycles. The van der Waals surface area contributed by atoms with Crippen LogP contribution in [0.4, 0.5) is 0 Å². The van der Waals surface area contributed by atoms with E-state index in [9.17, 15) is 4.79 Å². The Kier molecular flexibility index (Phi) is 6.37. The third kappa shape index (κ3) is 5.14. The maximum atomic E-state index is 12.6. The Labute approximate surface area is 131 Å². The third-order valence-electron chi connectivity index (χ3n) is 3.01. The molecule has 0 atom stereocenters. The normalized spacial score (nSPS) is 11.3. The molecular formula is C16H23ClN2O2. The number of nitrogens with zero attached hydrogens (tertiary/aromatic N) is 2. The van der Waals surface area contributed by atoms with Crippen LogP contribution in [0, 0.1) is 0 Å². The number of carbonyl (C=O) groups excluding carboxylic acids is 1. The Morgan fingerprint density at radius 2 is 2.14 bits per heavy atom. The second-order valence-electron chi connectivity index (χ2n) is 5.85. The van der Waals surface area contributed by atoms with Crippen LogP contribution in [0.3, 0.4) is 0 Å². The molecule has 0 saturated carbocycles. The van der Waals surface area contributed by atoms with Crippen LogP contribution < -0.4 is 0 Å². The van der Waals surface area contributed by atoms with Crippen molar-refractivity contribution in [1.29, 1.82) is 0 Å². The number of aromatic nitrogens is 1. The summed E-state index contributed by atoms with van der Waals surface area (Å²) in [6.07, 6.45) is 1.70. The maximum absolute atomic E-state index is 12.6.